The molecular formula is C17H18F3N3O6S. The number of nitrogens with zero attached hydrogens (tertiary/aromatic N) is 3. The molecule has 1 aliphatic heterocycles. The highest BCUT2D eigenvalue weighted by molar-refractivity contribution is 7.88. The zero-order valence-corrected chi connectivity index (χ0v) is 17.0. The molecule has 1 aromatic heterocycles. The van der Waals surface area contributed by atoms with Gasteiger partial charge in [0.25, 0.3) is 5.88 Å². The Kier molecular flexibility index (Phi) is 5.67. The van der Waals surface area contributed by atoms with Gasteiger partial charge in [-0.2, -0.15) is 21.6 Å². The summed E-state index contributed by atoms with van der Waals surface area (Å²) in [4.78, 5) is 21.8. The third-order valence-corrected chi connectivity index (χ3v) is 5.58. The molecule has 1 aromatic carbocycles. The second-order valence-corrected chi connectivity index (χ2v) is 8.09. The number of rotatable bonds is 5. The van der Waals surface area contributed by atoms with Crippen molar-refractivity contribution < 1.29 is 40.0 Å². The first-order valence-electron chi connectivity index (χ1n) is 8.74. The molecule has 0 spiro atoms. The highest BCUT2D eigenvalue weighted by Gasteiger charge is 2.49. The van der Waals surface area contributed by atoms with Crippen molar-refractivity contribution in [2.24, 2.45) is 0 Å². The van der Waals surface area contributed by atoms with Crippen molar-refractivity contribution in [1.82, 2.24) is 9.97 Å². The standard InChI is InChI=1S/C17H18F3N3O6S/c1-9-5-4-6-23(9)14-15(29-30(25,26)17(18,19)20)22-12-8-13(27-2)10(16(24)28-3)7-11(12)21-14/h7-9H,4-6H2,1-3H3. The highest BCUT2D eigenvalue weighted by atomic mass is 32.2. The molecule has 1 saturated heterocycles. The number of halogens is 3. The van der Waals surface area contributed by atoms with E-state index in [9.17, 15) is 26.4 Å². The van der Waals surface area contributed by atoms with Crippen LogP contribution in [0.25, 0.3) is 11.0 Å². The number of carbonyl (C=O) groups is 1. The van der Waals surface area contributed by atoms with Crippen molar-refractivity contribution in [3.05, 3.63) is 17.7 Å². The van der Waals surface area contributed by atoms with E-state index in [1.165, 1.54) is 26.4 Å². The van der Waals surface area contributed by atoms with Crippen LogP contribution < -0.4 is 13.8 Å². The number of hydrogen-bond donors (Lipinski definition) is 0. The minimum atomic E-state index is -5.96. The minimum absolute atomic E-state index is 0.0237. The van der Waals surface area contributed by atoms with Crippen LogP contribution in [-0.4, -0.2) is 56.7 Å². The highest BCUT2D eigenvalue weighted by Crippen LogP contribution is 2.37. The smallest absolute Gasteiger partial charge is 0.496 e. The average Bonchev–Trinajstić information content (AvgIpc) is 3.10. The number of carbonyl (C=O) groups excluding carboxylic acids is 1. The van der Waals surface area contributed by atoms with Crippen LogP contribution in [-0.2, 0) is 14.9 Å². The Hall–Kier alpha value is -2.83. The number of benzene rings is 1. The average molecular weight is 449 g/mol. The predicted octanol–water partition coefficient (Wildman–Crippen LogP) is 2.64. The number of methoxy groups -OCH3 is 2. The second-order valence-electron chi connectivity index (χ2n) is 6.55. The SMILES string of the molecule is COC(=O)c1cc2nc(N3CCCC3C)c(OS(=O)(=O)C(F)(F)F)nc2cc1OC. The maximum Gasteiger partial charge on any atom is 0.534 e. The summed E-state index contributed by atoms with van der Waals surface area (Å²) in [7, 11) is -3.52. The Labute approximate surface area is 169 Å². The topological polar surface area (TPSA) is 108 Å². The summed E-state index contributed by atoms with van der Waals surface area (Å²) >= 11 is 0. The van der Waals surface area contributed by atoms with Gasteiger partial charge in [0.05, 0.1) is 25.3 Å². The van der Waals surface area contributed by atoms with Crippen LogP contribution in [0.2, 0.25) is 0 Å². The Morgan fingerprint density at radius 2 is 1.87 bits per heavy atom. The van der Waals surface area contributed by atoms with E-state index in [1.807, 2.05) is 6.92 Å². The largest absolute Gasteiger partial charge is 0.534 e. The normalized spacial score (nSPS) is 17.3. The molecule has 1 aliphatic rings. The number of hydrogen-bond acceptors (Lipinski definition) is 9. The van der Waals surface area contributed by atoms with Crippen molar-refractivity contribution in [3.63, 3.8) is 0 Å². The van der Waals surface area contributed by atoms with Crippen LogP contribution in [0.15, 0.2) is 12.1 Å². The molecule has 0 amide bonds. The lowest BCUT2D eigenvalue weighted by Gasteiger charge is -2.24. The molecule has 0 bridgehead atoms. The first-order chi connectivity index (χ1) is 14.0. The number of alkyl halides is 3. The summed E-state index contributed by atoms with van der Waals surface area (Å²) in [5, 5.41) is 0. The van der Waals surface area contributed by atoms with E-state index in [0.29, 0.717) is 6.54 Å². The van der Waals surface area contributed by atoms with Crippen LogP contribution in [0.4, 0.5) is 19.0 Å². The third kappa shape index (κ3) is 3.93. The number of anilines is 1. The van der Waals surface area contributed by atoms with Crippen LogP contribution in [0.5, 0.6) is 11.6 Å². The molecule has 3 rings (SSSR count). The first-order valence-corrected chi connectivity index (χ1v) is 10.1. The van der Waals surface area contributed by atoms with Gasteiger partial charge < -0.3 is 18.6 Å². The van der Waals surface area contributed by atoms with E-state index in [4.69, 9.17) is 9.47 Å². The molecule has 0 N–H and O–H groups in total. The molecule has 164 valence electrons. The lowest BCUT2D eigenvalue weighted by atomic mass is 10.1. The molecule has 9 nitrogen and oxygen atoms in total. The molecule has 13 heteroatoms. The Bertz CT molecular complexity index is 1090. The number of esters is 1. The summed E-state index contributed by atoms with van der Waals surface area (Å²) in [5.74, 6) is -1.66. The van der Waals surface area contributed by atoms with Gasteiger partial charge in [-0.25, -0.2) is 14.8 Å². The van der Waals surface area contributed by atoms with Gasteiger partial charge in [-0.3, -0.25) is 0 Å². The quantitative estimate of drug-likeness (QED) is 0.387. The van der Waals surface area contributed by atoms with Crippen molar-refractivity contribution in [2.75, 3.05) is 25.7 Å². The lowest BCUT2D eigenvalue weighted by Crippen LogP contribution is -2.31. The van der Waals surface area contributed by atoms with Gasteiger partial charge in [-0.15, -0.1) is 0 Å². The maximum atomic E-state index is 12.9. The summed E-state index contributed by atoms with van der Waals surface area (Å²) < 4.78 is 75.9. The van der Waals surface area contributed by atoms with Crippen molar-refractivity contribution >= 4 is 32.9 Å². The van der Waals surface area contributed by atoms with Crippen LogP contribution in [0.1, 0.15) is 30.1 Å². The van der Waals surface area contributed by atoms with Gasteiger partial charge in [0.1, 0.15) is 11.3 Å². The fourth-order valence-electron chi connectivity index (χ4n) is 3.14. The van der Waals surface area contributed by atoms with Crippen LogP contribution >= 0.6 is 0 Å². The molecule has 2 aromatic rings. The molecule has 30 heavy (non-hydrogen) atoms. The molecule has 0 saturated carbocycles. The Morgan fingerprint density at radius 1 is 1.20 bits per heavy atom. The molecule has 2 heterocycles. The summed E-state index contributed by atoms with van der Waals surface area (Å²) in [6.45, 7) is 2.23. The second kappa shape index (κ2) is 7.78. The van der Waals surface area contributed by atoms with Gasteiger partial charge in [0.2, 0.25) is 0 Å². The Balaban J connectivity index is 2.23. The Morgan fingerprint density at radius 3 is 2.40 bits per heavy atom. The zero-order valence-electron chi connectivity index (χ0n) is 16.2. The van der Waals surface area contributed by atoms with Crippen molar-refractivity contribution in [1.29, 1.82) is 0 Å². The summed E-state index contributed by atoms with van der Waals surface area (Å²) in [6, 6.07) is 2.41. The third-order valence-electron chi connectivity index (χ3n) is 4.64. The van der Waals surface area contributed by atoms with Crippen molar-refractivity contribution in [2.45, 2.75) is 31.3 Å². The van der Waals surface area contributed by atoms with E-state index in [2.05, 4.69) is 14.2 Å². The van der Waals surface area contributed by atoms with Gasteiger partial charge in [-0.05, 0) is 25.8 Å². The molecular weight excluding hydrogens is 431 g/mol. The van der Waals surface area contributed by atoms with Gasteiger partial charge in [0, 0.05) is 18.7 Å². The van der Waals surface area contributed by atoms with Gasteiger partial charge >= 0.3 is 21.6 Å². The lowest BCUT2D eigenvalue weighted by molar-refractivity contribution is -0.0501. The van der Waals surface area contributed by atoms with E-state index in [-0.39, 0.29) is 34.2 Å². The first kappa shape index (κ1) is 21.9. The number of aromatic nitrogens is 2. The molecule has 0 radical (unpaired) electrons. The fraction of sp³-hybridized carbons (Fsp3) is 0.471. The monoisotopic (exact) mass is 449 g/mol. The predicted molar refractivity (Wildman–Crippen MR) is 99.1 cm³/mol. The maximum absolute atomic E-state index is 12.9. The van der Waals surface area contributed by atoms with Crippen molar-refractivity contribution in [3.8, 4) is 11.6 Å². The summed E-state index contributed by atoms with van der Waals surface area (Å²) in [6.07, 6.45) is 1.45. The van der Waals surface area contributed by atoms with Crippen LogP contribution in [0.3, 0.4) is 0 Å². The summed E-state index contributed by atoms with van der Waals surface area (Å²) in [5.41, 5.74) is -5.51. The van der Waals surface area contributed by atoms with Gasteiger partial charge in [-0.1, -0.05) is 0 Å². The zero-order chi connectivity index (χ0) is 22.3. The molecule has 1 fully saturated rings. The molecule has 0 aliphatic carbocycles. The van der Waals surface area contributed by atoms with Crippen LogP contribution in [0, 0.1) is 0 Å². The van der Waals surface area contributed by atoms with E-state index >= 15 is 0 Å². The number of ether oxygens (including phenoxy) is 2. The molecule has 1 atom stereocenters. The van der Waals surface area contributed by atoms with E-state index in [1.54, 1.807) is 4.90 Å². The fourth-order valence-corrected chi connectivity index (χ4v) is 3.55. The van der Waals surface area contributed by atoms with Gasteiger partial charge in [0.15, 0.2) is 5.82 Å². The van der Waals surface area contributed by atoms with E-state index in [0.717, 1.165) is 12.8 Å². The van der Waals surface area contributed by atoms with E-state index < -0.39 is 27.5 Å². The number of fused-ring (bicyclic) bond motifs is 1. The molecule has 1 unspecified atom stereocenters. The minimum Gasteiger partial charge on any atom is -0.496 e.